The maximum Gasteiger partial charge on any atom is 0 e. The van der Waals surface area contributed by atoms with Crippen molar-refractivity contribution in [2.75, 3.05) is 0 Å². The molecule has 1 aromatic rings. The number of benzene rings is 1. The Bertz CT molecular complexity index is 431. The summed E-state index contributed by atoms with van der Waals surface area (Å²) < 4.78 is 22.5. The first-order valence-electron chi connectivity index (χ1n) is 5.50. The Balaban J connectivity index is -0.000000414. The molecular formula is C17H12FeO3. The van der Waals surface area contributed by atoms with Gasteiger partial charge in [-0.25, -0.2) is 0 Å². The minimum atomic E-state index is 0. The standard InChI is InChI=1S/C14H12.3CO.Fe/c1-3-7-13(8-4-1)11-12-14-9-5-2-6-10-14;3*1-2;/h1,3-5,7-10H,2,6H2;;;;. The van der Waals surface area contributed by atoms with Crippen LogP contribution < -0.4 is 0 Å². The molecule has 4 radical (unpaired) electrons. The molecule has 0 N–H and O–H groups in total. The molecule has 0 atom stereocenters. The molecule has 1 fully saturated rings. The topological polar surface area (TPSA) is 59.7 Å². The van der Waals surface area contributed by atoms with Crippen LogP contribution in [0.25, 0.3) is 0 Å². The molecule has 0 amide bonds. The third-order valence-electron chi connectivity index (χ3n) is 2.12. The van der Waals surface area contributed by atoms with Crippen molar-refractivity contribution in [1.82, 2.24) is 0 Å². The van der Waals surface area contributed by atoms with Crippen LogP contribution in [-0.4, -0.2) is 0 Å². The summed E-state index contributed by atoms with van der Waals surface area (Å²) in [5.74, 6) is 7.45. The third-order valence-corrected chi connectivity index (χ3v) is 2.12. The van der Waals surface area contributed by atoms with Crippen LogP contribution in [0.2, 0.25) is 0 Å². The first-order valence-corrected chi connectivity index (χ1v) is 5.50. The predicted molar refractivity (Wildman–Crippen MR) is 70.5 cm³/mol. The molecule has 2 rings (SSSR count). The number of hydrogen-bond donors (Lipinski definition) is 0. The van der Waals surface area contributed by atoms with Crippen molar-refractivity contribution in [3.63, 3.8) is 0 Å². The van der Waals surface area contributed by atoms with Gasteiger partial charge < -0.3 is 0 Å². The summed E-state index contributed by atoms with van der Waals surface area (Å²) >= 11 is 0. The van der Waals surface area contributed by atoms with E-state index in [0.29, 0.717) is 0 Å². The Morgan fingerprint density at radius 1 is 0.810 bits per heavy atom. The largest absolute Gasteiger partial charge is 0 e. The van der Waals surface area contributed by atoms with E-state index in [4.69, 9.17) is 14.0 Å². The Morgan fingerprint density at radius 2 is 1.38 bits per heavy atom. The zero-order valence-electron chi connectivity index (χ0n) is 11.1. The van der Waals surface area contributed by atoms with Gasteiger partial charge in [-0.2, -0.15) is 0 Å². The van der Waals surface area contributed by atoms with Crippen molar-refractivity contribution in [3.05, 3.63) is 81.0 Å². The van der Waals surface area contributed by atoms with Gasteiger partial charge in [0.05, 0.1) is 5.92 Å². The first kappa shape index (κ1) is 24.5. The molecule has 0 bridgehead atoms. The van der Waals surface area contributed by atoms with E-state index in [2.05, 4.69) is 51.1 Å². The van der Waals surface area contributed by atoms with Gasteiger partial charge in [-0.05, 0) is 44.2 Å². The first-order chi connectivity index (χ1) is 9.95. The van der Waals surface area contributed by atoms with Gasteiger partial charge in [-0.15, -0.1) is 0 Å². The summed E-state index contributed by atoms with van der Waals surface area (Å²) in [6.07, 6.45) is 8.73. The van der Waals surface area contributed by atoms with E-state index in [0.717, 1.165) is 24.3 Å². The van der Waals surface area contributed by atoms with Crippen molar-refractivity contribution in [3.8, 4) is 11.8 Å². The summed E-state index contributed by atoms with van der Waals surface area (Å²) in [5, 5.41) is 0. The molecule has 106 valence electrons. The zero-order chi connectivity index (χ0) is 15.6. The summed E-state index contributed by atoms with van der Waals surface area (Å²) in [6.45, 7) is 13.5. The average molecular weight is 320 g/mol. The van der Waals surface area contributed by atoms with E-state index in [1.54, 1.807) is 0 Å². The molecule has 0 aliphatic heterocycles. The van der Waals surface area contributed by atoms with Crippen molar-refractivity contribution in [2.45, 2.75) is 12.8 Å². The van der Waals surface area contributed by atoms with E-state index in [-0.39, 0.29) is 17.1 Å². The molecule has 0 spiro atoms. The van der Waals surface area contributed by atoms with Crippen molar-refractivity contribution in [1.29, 1.82) is 0 Å². The Morgan fingerprint density at radius 3 is 1.86 bits per heavy atom. The normalized spacial score (nSPS) is 11.7. The fourth-order valence-corrected chi connectivity index (χ4v) is 1.37. The van der Waals surface area contributed by atoms with E-state index in [1.165, 1.54) is 0 Å². The Kier molecular flexibility index (Phi) is 24.3. The minimum absolute atomic E-state index is 0. The molecular weight excluding hydrogens is 308 g/mol. The molecule has 21 heavy (non-hydrogen) atoms. The summed E-state index contributed by atoms with van der Waals surface area (Å²) in [4.78, 5) is 0. The summed E-state index contributed by atoms with van der Waals surface area (Å²) in [6, 6.07) is 10.1. The fraction of sp³-hybridized carbons (Fsp3) is 0.118. The second kappa shape index (κ2) is 20.8. The van der Waals surface area contributed by atoms with Crippen molar-refractivity contribution >= 4 is 0 Å². The van der Waals surface area contributed by atoms with Crippen LogP contribution in [0.4, 0.5) is 0 Å². The van der Waals surface area contributed by atoms with Crippen molar-refractivity contribution < 1.29 is 31.0 Å². The van der Waals surface area contributed by atoms with Gasteiger partial charge in [0.15, 0.2) is 0 Å². The molecule has 4 heteroatoms. The second-order valence-corrected chi connectivity index (χ2v) is 3.26. The molecule has 0 heterocycles. The van der Waals surface area contributed by atoms with Crippen LogP contribution in [0, 0.1) is 57.0 Å². The van der Waals surface area contributed by atoms with Crippen LogP contribution in [-0.2, 0) is 31.0 Å². The van der Waals surface area contributed by atoms with Crippen LogP contribution in [0.15, 0.2) is 30.3 Å². The molecule has 1 saturated carbocycles. The molecule has 3 nitrogen and oxygen atoms in total. The second-order valence-electron chi connectivity index (χ2n) is 3.26. The zero-order valence-corrected chi connectivity index (χ0v) is 12.2. The van der Waals surface area contributed by atoms with Gasteiger partial charge >= 0.3 is 33.9 Å². The van der Waals surface area contributed by atoms with E-state index in [9.17, 15) is 0 Å². The maximum atomic E-state index is 7.50. The summed E-state index contributed by atoms with van der Waals surface area (Å²) in [5.41, 5.74) is 1.08. The third kappa shape index (κ3) is 13.3. The molecule has 0 unspecified atom stereocenters. The Hall–Kier alpha value is -1.48. The smallest absolute Gasteiger partial charge is 0 e. The minimum Gasteiger partial charge on any atom is 0 e. The average Bonchev–Trinajstić information content (AvgIpc) is 2.60. The fourth-order valence-electron chi connectivity index (χ4n) is 1.37. The summed E-state index contributed by atoms with van der Waals surface area (Å²) in [7, 11) is 0. The van der Waals surface area contributed by atoms with E-state index < -0.39 is 0 Å². The molecule has 1 aromatic carbocycles. The van der Waals surface area contributed by atoms with Gasteiger partial charge in [-0.1, -0.05) is 30.0 Å². The van der Waals surface area contributed by atoms with Gasteiger partial charge in [0.1, 0.15) is 0 Å². The van der Waals surface area contributed by atoms with E-state index in [1.807, 2.05) is 30.3 Å². The van der Waals surface area contributed by atoms with Gasteiger partial charge in [-0.3, -0.25) is 0 Å². The van der Waals surface area contributed by atoms with Gasteiger partial charge in [0.2, 0.25) is 0 Å². The monoisotopic (exact) mass is 320 g/mol. The van der Waals surface area contributed by atoms with Crippen LogP contribution in [0.3, 0.4) is 0 Å². The van der Waals surface area contributed by atoms with Crippen LogP contribution >= 0.6 is 0 Å². The molecule has 1 aliphatic carbocycles. The maximum absolute atomic E-state index is 7.50. The van der Waals surface area contributed by atoms with Crippen molar-refractivity contribution in [2.24, 2.45) is 0 Å². The molecule has 1 aliphatic rings. The number of rotatable bonds is 0. The predicted octanol–water partition coefficient (Wildman–Crippen LogP) is 2.90. The molecule has 0 saturated heterocycles. The number of hydrogen-bond acceptors (Lipinski definition) is 0. The quantitative estimate of drug-likeness (QED) is 0.305. The van der Waals surface area contributed by atoms with Gasteiger partial charge in [0.25, 0.3) is 0 Å². The van der Waals surface area contributed by atoms with Crippen LogP contribution in [0.1, 0.15) is 18.4 Å². The van der Waals surface area contributed by atoms with Crippen LogP contribution in [0.5, 0.6) is 0 Å². The molecule has 0 aromatic heterocycles. The SMILES string of the molecule is C(#Cc1ccccc1)[C]1[CH][CH]CC[CH]1.[C-]#[O+].[C-]#[O+].[C-]#[O+].[Fe]. The Labute approximate surface area is 137 Å². The van der Waals surface area contributed by atoms with E-state index >= 15 is 0 Å². The van der Waals surface area contributed by atoms with Gasteiger partial charge in [0, 0.05) is 22.6 Å².